The number of hydrogen-bond acceptors (Lipinski definition) is 7. The predicted octanol–water partition coefficient (Wildman–Crippen LogP) is 4.82. The molecule has 180 valence electrons. The van der Waals surface area contributed by atoms with Crippen LogP contribution in [0.1, 0.15) is 86.0 Å². The summed E-state index contributed by atoms with van der Waals surface area (Å²) in [5.41, 5.74) is 14.6. The van der Waals surface area contributed by atoms with Gasteiger partial charge in [-0.25, -0.2) is 9.59 Å². The zero-order valence-corrected chi connectivity index (χ0v) is 20.7. The first-order valence-corrected chi connectivity index (χ1v) is 12.1. The molecule has 0 radical (unpaired) electrons. The van der Waals surface area contributed by atoms with Crippen LogP contribution in [-0.2, 0) is 27.8 Å². The van der Waals surface area contributed by atoms with Crippen molar-refractivity contribution in [1.82, 2.24) is 0 Å². The van der Waals surface area contributed by atoms with Crippen LogP contribution in [0.3, 0.4) is 0 Å². The van der Waals surface area contributed by atoms with Crippen molar-refractivity contribution in [2.75, 3.05) is 0 Å². The number of nitrogens with zero attached hydrogens (tertiary/aromatic N) is 4. The van der Waals surface area contributed by atoms with E-state index in [9.17, 15) is 9.59 Å². The maximum absolute atomic E-state index is 10.9. The van der Waals surface area contributed by atoms with E-state index in [1.807, 2.05) is 39.8 Å². The Morgan fingerprint density at radius 3 is 1.83 bits per heavy atom. The fourth-order valence-corrected chi connectivity index (χ4v) is 5.54. The third-order valence-corrected chi connectivity index (χ3v) is 7.18. The van der Waals surface area contributed by atoms with Crippen LogP contribution >= 0.6 is 0 Å². The molecule has 2 unspecified atom stereocenters. The summed E-state index contributed by atoms with van der Waals surface area (Å²) in [5.74, 6) is 0. The standard InChI is InChI=1S/C28H31N5O2/c1-17(29)14-28(27-11-18(2)32-33-27)25-9-7-21(19(3)30-15-34)12-23(25)5-6-24-13-22(8-10-26(24)28)20(4)31-16-35/h7-10,12-13,17,19-20H,5-6,11,14,29H2,1-4H3/t17-,19?,20?,28?/m1/s1. The first-order chi connectivity index (χ1) is 16.8. The number of aliphatic imine (C=N–C) groups is 2. The lowest BCUT2D eigenvalue weighted by atomic mass is 9.64. The SMILES string of the molecule is CC1=NN=C(C2(C[C@@H](C)N)c3ccc(C(C)N=C=O)cc3CCc3cc(C(C)N=C=O)ccc32)C1. The molecule has 4 rings (SSSR count). The lowest BCUT2D eigenvalue weighted by molar-refractivity contribution is 0.535. The second-order valence-electron chi connectivity index (χ2n) is 9.77. The number of rotatable bonds is 7. The van der Waals surface area contributed by atoms with Crippen molar-refractivity contribution in [2.24, 2.45) is 25.9 Å². The minimum atomic E-state index is -0.540. The normalized spacial score (nSPS) is 21.2. The van der Waals surface area contributed by atoms with Crippen LogP contribution in [0.2, 0.25) is 0 Å². The molecule has 7 heteroatoms. The number of carbonyl (C=O) groups excluding carboxylic acids is 2. The van der Waals surface area contributed by atoms with E-state index in [1.54, 1.807) is 12.2 Å². The van der Waals surface area contributed by atoms with Gasteiger partial charge < -0.3 is 5.73 Å². The van der Waals surface area contributed by atoms with Crippen LogP contribution in [-0.4, -0.2) is 29.6 Å². The van der Waals surface area contributed by atoms with Gasteiger partial charge in [-0.05, 0) is 80.3 Å². The van der Waals surface area contributed by atoms with Crippen LogP contribution in [0.4, 0.5) is 0 Å². The molecule has 0 fully saturated rings. The highest BCUT2D eigenvalue weighted by molar-refractivity contribution is 6.13. The van der Waals surface area contributed by atoms with Crippen LogP contribution < -0.4 is 5.73 Å². The van der Waals surface area contributed by atoms with Gasteiger partial charge in [0.1, 0.15) is 0 Å². The van der Waals surface area contributed by atoms with Gasteiger partial charge in [-0.15, -0.1) is 0 Å². The molecule has 0 bridgehead atoms. The summed E-state index contributed by atoms with van der Waals surface area (Å²) in [7, 11) is 0. The molecule has 2 aliphatic rings. The number of benzene rings is 2. The van der Waals surface area contributed by atoms with Crippen molar-refractivity contribution in [3.8, 4) is 0 Å². The zero-order valence-electron chi connectivity index (χ0n) is 20.7. The van der Waals surface area contributed by atoms with Gasteiger partial charge in [-0.1, -0.05) is 36.4 Å². The zero-order chi connectivity index (χ0) is 25.2. The van der Waals surface area contributed by atoms with Crippen molar-refractivity contribution < 1.29 is 9.59 Å². The fourth-order valence-electron chi connectivity index (χ4n) is 5.54. The number of aryl methyl sites for hydroxylation is 2. The lowest BCUT2D eigenvalue weighted by Gasteiger charge is -2.38. The molecule has 3 atom stereocenters. The van der Waals surface area contributed by atoms with E-state index in [4.69, 9.17) is 5.73 Å². The van der Waals surface area contributed by atoms with Crippen molar-refractivity contribution in [2.45, 2.75) is 76.9 Å². The second kappa shape index (κ2) is 10.0. The Morgan fingerprint density at radius 1 is 0.914 bits per heavy atom. The Kier molecular flexibility index (Phi) is 7.04. The van der Waals surface area contributed by atoms with Crippen LogP contribution in [0.5, 0.6) is 0 Å². The van der Waals surface area contributed by atoms with Gasteiger partial charge in [-0.2, -0.15) is 20.2 Å². The molecule has 1 aliphatic heterocycles. The summed E-state index contributed by atoms with van der Waals surface area (Å²) in [6, 6.07) is 12.1. The van der Waals surface area contributed by atoms with Crippen molar-refractivity contribution in [1.29, 1.82) is 0 Å². The van der Waals surface area contributed by atoms with Crippen LogP contribution in [0.15, 0.2) is 56.6 Å². The predicted molar refractivity (Wildman–Crippen MR) is 138 cm³/mol. The Hall–Kier alpha value is -3.50. The van der Waals surface area contributed by atoms with Gasteiger partial charge in [0, 0.05) is 18.2 Å². The van der Waals surface area contributed by atoms with E-state index in [-0.39, 0.29) is 18.1 Å². The highest BCUT2D eigenvalue weighted by atomic mass is 16.1. The van der Waals surface area contributed by atoms with E-state index in [1.165, 1.54) is 22.3 Å². The summed E-state index contributed by atoms with van der Waals surface area (Å²) in [6.07, 6.45) is 6.36. The topological polar surface area (TPSA) is 110 Å². The monoisotopic (exact) mass is 469 g/mol. The van der Waals surface area contributed by atoms with Crippen LogP contribution in [0, 0.1) is 0 Å². The second-order valence-corrected chi connectivity index (χ2v) is 9.77. The third-order valence-electron chi connectivity index (χ3n) is 7.18. The van der Waals surface area contributed by atoms with Gasteiger partial charge in [0.15, 0.2) is 0 Å². The van der Waals surface area contributed by atoms with Gasteiger partial charge in [0.25, 0.3) is 0 Å². The lowest BCUT2D eigenvalue weighted by Crippen LogP contribution is -2.42. The minimum Gasteiger partial charge on any atom is -0.328 e. The maximum Gasteiger partial charge on any atom is 0.235 e. The summed E-state index contributed by atoms with van der Waals surface area (Å²) in [6.45, 7) is 7.82. The summed E-state index contributed by atoms with van der Waals surface area (Å²) < 4.78 is 0. The largest absolute Gasteiger partial charge is 0.328 e. The van der Waals surface area contributed by atoms with Gasteiger partial charge in [0.2, 0.25) is 12.2 Å². The molecule has 0 aromatic heterocycles. The summed E-state index contributed by atoms with van der Waals surface area (Å²) >= 11 is 0. The molecule has 35 heavy (non-hydrogen) atoms. The Labute approximate surface area is 206 Å². The molecule has 0 saturated carbocycles. The molecular weight excluding hydrogens is 438 g/mol. The summed E-state index contributed by atoms with van der Waals surface area (Å²) in [4.78, 5) is 29.6. The van der Waals surface area contributed by atoms with E-state index in [0.717, 1.165) is 35.4 Å². The van der Waals surface area contributed by atoms with E-state index >= 15 is 0 Å². The number of fused-ring (bicyclic) bond motifs is 2. The Morgan fingerprint density at radius 2 is 1.43 bits per heavy atom. The number of isocyanates is 2. The third kappa shape index (κ3) is 4.59. The van der Waals surface area contributed by atoms with Gasteiger partial charge in [0.05, 0.1) is 23.2 Å². The molecule has 2 aromatic carbocycles. The quantitative estimate of drug-likeness (QED) is 0.463. The van der Waals surface area contributed by atoms with E-state index in [0.29, 0.717) is 12.8 Å². The molecule has 0 amide bonds. The van der Waals surface area contributed by atoms with Gasteiger partial charge in [-0.3, -0.25) is 0 Å². The highest BCUT2D eigenvalue weighted by Crippen LogP contribution is 2.47. The average molecular weight is 470 g/mol. The smallest absolute Gasteiger partial charge is 0.235 e. The molecule has 0 saturated heterocycles. The molecule has 2 N–H and O–H groups in total. The van der Waals surface area contributed by atoms with Crippen LogP contribution in [0.25, 0.3) is 0 Å². The maximum atomic E-state index is 10.9. The first-order valence-electron chi connectivity index (χ1n) is 12.1. The van der Waals surface area contributed by atoms with E-state index < -0.39 is 5.41 Å². The van der Waals surface area contributed by atoms with Crippen molar-refractivity contribution >= 4 is 23.6 Å². The van der Waals surface area contributed by atoms with E-state index in [2.05, 4.69) is 44.5 Å². The molecule has 7 nitrogen and oxygen atoms in total. The summed E-state index contributed by atoms with van der Waals surface area (Å²) in [5, 5.41) is 9.10. The number of hydrogen-bond donors (Lipinski definition) is 1. The highest BCUT2D eigenvalue weighted by Gasteiger charge is 2.45. The van der Waals surface area contributed by atoms with Crippen molar-refractivity contribution in [3.63, 3.8) is 0 Å². The Bertz CT molecular complexity index is 1220. The molecule has 2 aromatic rings. The average Bonchev–Trinajstić information content (AvgIpc) is 3.22. The molecule has 1 heterocycles. The Balaban J connectivity index is 1.99. The first kappa shape index (κ1) is 24.6. The molecule has 1 aliphatic carbocycles. The van der Waals surface area contributed by atoms with Gasteiger partial charge >= 0.3 is 0 Å². The van der Waals surface area contributed by atoms with Crippen molar-refractivity contribution in [3.05, 3.63) is 69.8 Å². The molecule has 0 spiro atoms. The number of nitrogens with two attached hydrogens (primary N) is 1. The molecular formula is C28H31N5O2. The minimum absolute atomic E-state index is 0.0890. The fraction of sp³-hybridized carbons (Fsp3) is 0.429.